The molecule has 28 heavy (non-hydrogen) atoms. The molecule has 5 nitrogen and oxygen atoms in total. The lowest BCUT2D eigenvalue weighted by Gasteiger charge is -2.12. The molecule has 142 valence electrons. The van der Waals surface area contributed by atoms with Crippen molar-refractivity contribution >= 4 is 23.2 Å². The highest BCUT2D eigenvalue weighted by atomic mass is 16.5. The lowest BCUT2D eigenvalue weighted by molar-refractivity contribution is 0.101. The molecular weight excluding hydrogens is 352 g/mol. The fourth-order valence-corrected chi connectivity index (χ4v) is 2.65. The van der Waals surface area contributed by atoms with Gasteiger partial charge >= 0.3 is 0 Å². The van der Waals surface area contributed by atoms with E-state index in [2.05, 4.69) is 10.6 Å². The number of amides is 2. The minimum Gasteiger partial charge on any atom is -0.491 e. The summed E-state index contributed by atoms with van der Waals surface area (Å²) in [5, 5.41) is 5.68. The van der Waals surface area contributed by atoms with E-state index in [9.17, 15) is 9.59 Å². The predicted octanol–water partition coefficient (Wildman–Crippen LogP) is 4.98. The summed E-state index contributed by atoms with van der Waals surface area (Å²) in [6.07, 6.45) is 0.0308. The highest BCUT2D eigenvalue weighted by molar-refractivity contribution is 6.06. The van der Waals surface area contributed by atoms with Gasteiger partial charge in [0.1, 0.15) is 5.75 Å². The maximum atomic E-state index is 12.6. The lowest BCUT2D eigenvalue weighted by Crippen LogP contribution is -2.14. The molecule has 3 rings (SSSR count). The molecule has 3 aromatic carbocycles. The van der Waals surface area contributed by atoms with Crippen LogP contribution in [0.4, 0.5) is 11.4 Å². The van der Waals surface area contributed by atoms with E-state index in [0.717, 1.165) is 0 Å². The number of carbonyl (C=O) groups is 2. The molecule has 0 saturated heterocycles. The monoisotopic (exact) mass is 374 g/mol. The molecule has 0 radical (unpaired) electrons. The van der Waals surface area contributed by atoms with Crippen molar-refractivity contribution in [3.05, 3.63) is 90.0 Å². The number of ether oxygens (including phenoxy) is 1. The maximum Gasteiger partial charge on any atom is 0.255 e. The molecular formula is C23H22N2O3. The van der Waals surface area contributed by atoms with E-state index in [4.69, 9.17) is 4.74 Å². The SMILES string of the molecule is CC(C)Oc1cccc(C(=O)Nc2cccc(NC(=O)c3ccccc3)c2)c1. The summed E-state index contributed by atoms with van der Waals surface area (Å²) in [6.45, 7) is 3.87. The molecule has 0 aliphatic rings. The summed E-state index contributed by atoms with van der Waals surface area (Å²) in [4.78, 5) is 24.8. The fourth-order valence-electron chi connectivity index (χ4n) is 2.65. The summed E-state index contributed by atoms with van der Waals surface area (Å²) in [7, 11) is 0. The Morgan fingerprint density at radius 2 is 1.29 bits per heavy atom. The third-order valence-corrected chi connectivity index (χ3v) is 3.88. The van der Waals surface area contributed by atoms with Gasteiger partial charge in [-0.2, -0.15) is 0 Å². The molecule has 0 unspecified atom stereocenters. The molecule has 0 saturated carbocycles. The Hall–Kier alpha value is -3.60. The van der Waals surface area contributed by atoms with Gasteiger partial charge in [-0.1, -0.05) is 30.3 Å². The largest absolute Gasteiger partial charge is 0.491 e. The van der Waals surface area contributed by atoms with Crippen molar-refractivity contribution in [3.8, 4) is 5.75 Å². The molecule has 0 aliphatic carbocycles. The van der Waals surface area contributed by atoms with Crippen LogP contribution in [-0.2, 0) is 0 Å². The van der Waals surface area contributed by atoms with Crippen LogP contribution in [0, 0.1) is 0 Å². The van der Waals surface area contributed by atoms with Gasteiger partial charge in [-0.25, -0.2) is 0 Å². The third kappa shape index (κ3) is 5.20. The van der Waals surface area contributed by atoms with Crippen LogP contribution < -0.4 is 15.4 Å². The smallest absolute Gasteiger partial charge is 0.255 e. The van der Waals surface area contributed by atoms with Crippen LogP contribution in [-0.4, -0.2) is 17.9 Å². The third-order valence-electron chi connectivity index (χ3n) is 3.88. The number of benzene rings is 3. The summed E-state index contributed by atoms with van der Waals surface area (Å²) in [6, 6.07) is 23.0. The predicted molar refractivity (Wildman–Crippen MR) is 111 cm³/mol. The fraction of sp³-hybridized carbons (Fsp3) is 0.130. The number of rotatable bonds is 6. The molecule has 0 spiro atoms. The summed E-state index contributed by atoms with van der Waals surface area (Å²) < 4.78 is 5.63. The van der Waals surface area contributed by atoms with E-state index < -0.39 is 0 Å². The lowest BCUT2D eigenvalue weighted by atomic mass is 10.2. The van der Waals surface area contributed by atoms with E-state index in [1.165, 1.54) is 0 Å². The average Bonchev–Trinajstić information content (AvgIpc) is 2.68. The quantitative estimate of drug-likeness (QED) is 0.639. The first kappa shape index (κ1) is 19.2. The van der Waals surface area contributed by atoms with Crippen molar-refractivity contribution < 1.29 is 14.3 Å². The van der Waals surface area contributed by atoms with Crippen LogP contribution in [0.25, 0.3) is 0 Å². The first-order chi connectivity index (χ1) is 13.5. The van der Waals surface area contributed by atoms with Gasteiger partial charge in [-0.15, -0.1) is 0 Å². The van der Waals surface area contributed by atoms with Crippen molar-refractivity contribution in [2.24, 2.45) is 0 Å². The van der Waals surface area contributed by atoms with Crippen molar-refractivity contribution in [2.45, 2.75) is 20.0 Å². The molecule has 0 aromatic heterocycles. The zero-order valence-electron chi connectivity index (χ0n) is 15.8. The van der Waals surface area contributed by atoms with Gasteiger partial charge in [0.15, 0.2) is 0 Å². The Kier molecular flexibility index (Phi) is 6.07. The minimum absolute atomic E-state index is 0.0308. The van der Waals surface area contributed by atoms with E-state index in [0.29, 0.717) is 28.3 Å². The van der Waals surface area contributed by atoms with Gasteiger partial charge in [0.25, 0.3) is 11.8 Å². The number of hydrogen-bond donors (Lipinski definition) is 2. The molecule has 3 aromatic rings. The van der Waals surface area contributed by atoms with Gasteiger partial charge in [0.2, 0.25) is 0 Å². The van der Waals surface area contributed by atoms with E-state index in [-0.39, 0.29) is 17.9 Å². The molecule has 2 N–H and O–H groups in total. The minimum atomic E-state index is -0.249. The topological polar surface area (TPSA) is 67.4 Å². The summed E-state index contributed by atoms with van der Waals surface area (Å²) in [5.41, 5.74) is 2.25. The van der Waals surface area contributed by atoms with Gasteiger partial charge in [0.05, 0.1) is 6.10 Å². The number of nitrogens with one attached hydrogen (secondary N) is 2. The highest BCUT2D eigenvalue weighted by Gasteiger charge is 2.10. The molecule has 0 atom stereocenters. The normalized spacial score (nSPS) is 10.4. The standard InChI is InChI=1S/C23H22N2O3/c1-16(2)28-21-13-6-10-18(14-21)23(27)25-20-12-7-11-19(15-20)24-22(26)17-8-4-3-5-9-17/h3-16H,1-2H3,(H,24,26)(H,25,27). The van der Waals surface area contributed by atoms with E-state index in [1.807, 2.05) is 38.1 Å². The molecule has 0 aliphatic heterocycles. The number of anilines is 2. The van der Waals surface area contributed by atoms with Crippen LogP contribution >= 0.6 is 0 Å². The van der Waals surface area contributed by atoms with Crippen molar-refractivity contribution in [1.29, 1.82) is 0 Å². The van der Waals surface area contributed by atoms with Crippen molar-refractivity contribution in [3.63, 3.8) is 0 Å². The van der Waals surface area contributed by atoms with E-state index in [1.54, 1.807) is 54.6 Å². The highest BCUT2D eigenvalue weighted by Crippen LogP contribution is 2.19. The van der Waals surface area contributed by atoms with Gasteiger partial charge in [-0.05, 0) is 62.4 Å². The zero-order valence-corrected chi connectivity index (χ0v) is 15.8. The number of hydrogen-bond acceptors (Lipinski definition) is 3. The Morgan fingerprint density at radius 1 is 0.714 bits per heavy atom. The van der Waals surface area contributed by atoms with Gasteiger partial charge < -0.3 is 15.4 Å². The van der Waals surface area contributed by atoms with Crippen LogP contribution in [0.2, 0.25) is 0 Å². The van der Waals surface area contributed by atoms with Crippen LogP contribution in [0.5, 0.6) is 5.75 Å². The Balaban J connectivity index is 1.69. The second kappa shape index (κ2) is 8.86. The van der Waals surface area contributed by atoms with Crippen LogP contribution in [0.15, 0.2) is 78.9 Å². The van der Waals surface area contributed by atoms with E-state index >= 15 is 0 Å². The zero-order chi connectivity index (χ0) is 19.9. The second-order valence-corrected chi connectivity index (χ2v) is 6.55. The Morgan fingerprint density at radius 3 is 1.93 bits per heavy atom. The molecule has 2 amide bonds. The van der Waals surface area contributed by atoms with Gasteiger partial charge in [0, 0.05) is 22.5 Å². The average molecular weight is 374 g/mol. The second-order valence-electron chi connectivity index (χ2n) is 6.55. The first-order valence-electron chi connectivity index (χ1n) is 9.06. The van der Waals surface area contributed by atoms with Crippen LogP contribution in [0.1, 0.15) is 34.6 Å². The van der Waals surface area contributed by atoms with Crippen LogP contribution in [0.3, 0.4) is 0 Å². The van der Waals surface area contributed by atoms with Crippen molar-refractivity contribution in [2.75, 3.05) is 10.6 Å². The molecule has 0 bridgehead atoms. The molecule has 0 heterocycles. The summed E-state index contributed by atoms with van der Waals surface area (Å²) in [5.74, 6) is 0.190. The van der Waals surface area contributed by atoms with Crippen molar-refractivity contribution in [1.82, 2.24) is 0 Å². The van der Waals surface area contributed by atoms with Gasteiger partial charge in [-0.3, -0.25) is 9.59 Å². The molecule has 0 fully saturated rings. The Labute approximate surface area is 164 Å². The molecule has 5 heteroatoms. The first-order valence-corrected chi connectivity index (χ1v) is 9.06. The Bertz CT molecular complexity index is 968. The number of carbonyl (C=O) groups excluding carboxylic acids is 2. The maximum absolute atomic E-state index is 12.6. The summed E-state index contributed by atoms with van der Waals surface area (Å²) >= 11 is 0.